The lowest BCUT2D eigenvalue weighted by Crippen LogP contribution is -2.50. The molecule has 0 bridgehead atoms. The number of ether oxygens (including phenoxy) is 2. The molecule has 0 unspecified atom stereocenters. The Bertz CT molecular complexity index is 284. The van der Waals surface area contributed by atoms with E-state index in [4.69, 9.17) is 9.47 Å². The van der Waals surface area contributed by atoms with Crippen LogP contribution in [0.3, 0.4) is 0 Å². The van der Waals surface area contributed by atoms with Crippen molar-refractivity contribution in [1.29, 1.82) is 0 Å². The fourth-order valence-electron chi connectivity index (χ4n) is 1.70. The van der Waals surface area contributed by atoms with Gasteiger partial charge in [-0.05, 0) is 0 Å². The van der Waals surface area contributed by atoms with Crippen molar-refractivity contribution >= 4 is 47.8 Å². The number of allylic oxidation sites excluding steroid dienone is 3. The predicted octanol–water partition coefficient (Wildman–Crippen LogP) is 3.15. The Balaban J connectivity index is 2.32. The molecule has 5 heteroatoms. The van der Waals surface area contributed by atoms with Gasteiger partial charge in [0.15, 0.2) is 5.79 Å². The highest BCUT2D eigenvalue weighted by Crippen LogP contribution is 2.40. The summed E-state index contributed by atoms with van der Waals surface area (Å²) in [6, 6.07) is 0. The molecule has 0 aromatic carbocycles. The quantitative estimate of drug-likeness (QED) is 0.579. The average Bonchev–Trinajstić information content (AvgIpc) is 2.71. The van der Waals surface area contributed by atoms with Gasteiger partial charge in [-0.3, -0.25) is 0 Å². The van der Waals surface area contributed by atoms with Crippen LogP contribution in [-0.2, 0) is 9.47 Å². The molecule has 0 aromatic heterocycles. The van der Waals surface area contributed by atoms with Crippen LogP contribution in [0.1, 0.15) is 0 Å². The van der Waals surface area contributed by atoms with Crippen molar-refractivity contribution in [2.75, 3.05) is 13.2 Å². The number of alkyl halides is 3. The van der Waals surface area contributed by atoms with Gasteiger partial charge in [0.05, 0.1) is 27.7 Å². The van der Waals surface area contributed by atoms with Crippen molar-refractivity contribution in [2.24, 2.45) is 0 Å². The SMILES string of the molecule is Br[C@@H]1/C=C\C=C/[C@@H](Br)C2(OCCO2)[C@@H]1Br. The Morgan fingerprint density at radius 2 is 1.60 bits per heavy atom. The molecule has 0 amide bonds. The first-order valence-corrected chi connectivity index (χ1v) is 7.46. The van der Waals surface area contributed by atoms with Crippen LogP contribution < -0.4 is 0 Å². The molecule has 1 aliphatic carbocycles. The minimum Gasteiger partial charge on any atom is -0.345 e. The molecule has 1 heterocycles. The van der Waals surface area contributed by atoms with E-state index in [2.05, 4.69) is 53.9 Å². The fraction of sp³-hybridized carbons (Fsp3) is 0.600. The maximum atomic E-state index is 5.78. The van der Waals surface area contributed by atoms with Gasteiger partial charge in [0.1, 0.15) is 0 Å². The second kappa shape index (κ2) is 5.00. The normalized spacial score (nSPS) is 43.5. The lowest BCUT2D eigenvalue weighted by atomic mass is 10.0. The molecule has 15 heavy (non-hydrogen) atoms. The molecular weight excluding hydrogens is 392 g/mol. The second-order valence-electron chi connectivity index (χ2n) is 3.44. The Morgan fingerprint density at radius 3 is 2.27 bits per heavy atom. The molecule has 2 nitrogen and oxygen atoms in total. The van der Waals surface area contributed by atoms with Crippen molar-refractivity contribution in [1.82, 2.24) is 0 Å². The maximum Gasteiger partial charge on any atom is 0.198 e. The van der Waals surface area contributed by atoms with Gasteiger partial charge in [-0.25, -0.2) is 0 Å². The topological polar surface area (TPSA) is 18.5 Å². The van der Waals surface area contributed by atoms with Crippen LogP contribution in [0.4, 0.5) is 0 Å². The number of halogens is 3. The molecule has 0 aromatic rings. The Morgan fingerprint density at radius 1 is 1.00 bits per heavy atom. The predicted molar refractivity (Wildman–Crippen MR) is 71.1 cm³/mol. The first-order valence-electron chi connectivity index (χ1n) is 4.72. The lowest BCUT2D eigenvalue weighted by Gasteiger charge is -2.37. The van der Waals surface area contributed by atoms with Crippen LogP contribution in [0.25, 0.3) is 0 Å². The standard InChI is InChI=1S/C10H11Br3O2/c11-7-3-1-2-4-8(12)10(9(7)13)14-5-6-15-10/h1-4,7-9H,5-6H2/b3-1-,4-2-/t7-,8-,9-/m1/s1. The molecule has 1 aliphatic heterocycles. The van der Waals surface area contributed by atoms with E-state index in [0.29, 0.717) is 13.2 Å². The molecule has 0 N–H and O–H groups in total. The molecule has 0 saturated carbocycles. The largest absolute Gasteiger partial charge is 0.345 e. The van der Waals surface area contributed by atoms with Crippen LogP contribution in [-0.4, -0.2) is 33.5 Å². The summed E-state index contributed by atoms with van der Waals surface area (Å²) in [4.78, 5) is 0.292. The molecule has 3 atom stereocenters. The summed E-state index contributed by atoms with van der Waals surface area (Å²) in [6.07, 6.45) is 8.12. The monoisotopic (exact) mass is 400 g/mol. The van der Waals surface area contributed by atoms with E-state index in [1.54, 1.807) is 0 Å². The van der Waals surface area contributed by atoms with Gasteiger partial charge >= 0.3 is 0 Å². The summed E-state index contributed by atoms with van der Waals surface area (Å²) in [5.41, 5.74) is 0. The number of hydrogen-bond acceptors (Lipinski definition) is 2. The zero-order chi connectivity index (χ0) is 10.9. The fourth-order valence-corrected chi connectivity index (χ4v) is 4.05. The molecule has 2 rings (SSSR count). The molecule has 1 saturated heterocycles. The molecule has 1 spiro atoms. The maximum absolute atomic E-state index is 5.78. The van der Waals surface area contributed by atoms with Gasteiger partial charge in [-0.1, -0.05) is 72.1 Å². The summed E-state index contributed by atoms with van der Waals surface area (Å²) in [7, 11) is 0. The average molecular weight is 403 g/mol. The number of rotatable bonds is 0. The van der Waals surface area contributed by atoms with Crippen LogP contribution in [0, 0.1) is 0 Å². The minimum absolute atomic E-state index is 0.0434. The van der Waals surface area contributed by atoms with Gasteiger partial charge in [-0.2, -0.15) is 0 Å². The smallest absolute Gasteiger partial charge is 0.198 e. The van der Waals surface area contributed by atoms with Crippen molar-refractivity contribution in [3.63, 3.8) is 0 Å². The molecular formula is C10H11Br3O2. The van der Waals surface area contributed by atoms with Crippen molar-refractivity contribution in [3.8, 4) is 0 Å². The van der Waals surface area contributed by atoms with E-state index in [1.807, 2.05) is 18.2 Å². The van der Waals surface area contributed by atoms with Crippen LogP contribution >= 0.6 is 47.8 Å². The summed E-state index contributed by atoms with van der Waals surface area (Å²) in [5, 5.41) is 0. The van der Waals surface area contributed by atoms with Crippen molar-refractivity contribution in [3.05, 3.63) is 24.3 Å². The molecule has 1 fully saturated rings. The zero-order valence-corrected chi connectivity index (χ0v) is 12.7. The van der Waals surface area contributed by atoms with Crippen molar-refractivity contribution in [2.45, 2.75) is 20.3 Å². The van der Waals surface area contributed by atoms with Crippen LogP contribution in [0.15, 0.2) is 24.3 Å². The van der Waals surface area contributed by atoms with Gasteiger partial charge in [-0.15, -0.1) is 0 Å². The van der Waals surface area contributed by atoms with E-state index < -0.39 is 5.79 Å². The minimum atomic E-state index is -0.616. The third-order valence-corrected chi connectivity index (χ3v) is 6.17. The van der Waals surface area contributed by atoms with E-state index in [9.17, 15) is 0 Å². The number of hydrogen-bond donors (Lipinski definition) is 0. The van der Waals surface area contributed by atoms with Crippen LogP contribution in [0.5, 0.6) is 0 Å². The second-order valence-corrected chi connectivity index (χ2v) is 6.47. The highest BCUT2D eigenvalue weighted by atomic mass is 79.9. The third kappa shape index (κ3) is 2.27. The zero-order valence-electron chi connectivity index (χ0n) is 7.91. The van der Waals surface area contributed by atoms with Crippen LogP contribution in [0.2, 0.25) is 0 Å². The lowest BCUT2D eigenvalue weighted by molar-refractivity contribution is -0.145. The third-order valence-electron chi connectivity index (χ3n) is 2.47. The summed E-state index contributed by atoms with van der Waals surface area (Å²) >= 11 is 10.9. The summed E-state index contributed by atoms with van der Waals surface area (Å²) in [5.74, 6) is -0.616. The van der Waals surface area contributed by atoms with Gasteiger partial charge < -0.3 is 9.47 Å². The highest BCUT2D eigenvalue weighted by Gasteiger charge is 2.50. The van der Waals surface area contributed by atoms with E-state index in [-0.39, 0.29) is 14.5 Å². The molecule has 0 radical (unpaired) electrons. The van der Waals surface area contributed by atoms with E-state index in [0.717, 1.165) is 0 Å². The van der Waals surface area contributed by atoms with E-state index in [1.165, 1.54) is 0 Å². The van der Waals surface area contributed by atoms with Gasteiger partial charge in [0.25, 0.3) is 0 Å². The Hall–Kier alpha value is 0.840. The van der Waals surface area contributed by atoms with Crippen molar-refractivity contribution < 1.29 is 9.47 Å². The first kappa shape index (κ1) is 12.3. The highest BCUT2D eigenvalue weighted by molar-refractivity contribution is 9.12. The van der Waals surface area contributed by atoms with E-state index >= 15 is 0 Å². The molecule has 84 valence electrons. The van der Waals surface area contributed by atoms with Gasteiger partial charge in [0.2, 0.25) is 0 Å². The summed E-state index contributed by atoms with van der Waals surface area (Å²) in [6.45, 7) is 1.28. The Labute approximate surface area is 114 Å². The Kier molecular flexibility index (Phi) is 4.10. The first-order chi connectivity index (χ1) is 7.17. The van der Waals surface area contributed by atoms with Gasteiger partial charge in [0, 0.05) is 0 Å². The summed E-state index contributed by atoms with van der Waals surface area (Å²) < 4.78 is 11.6. The molecule has 2 aliphatic rings.